The fourth-order valence-corrected chi connectivity index (χ4v) is 3.16. The maximum atomic E-state index is 14.2. The van der Waals surface area contributed by atoms with Gasteiger partial charge in [-0.3, -0.25) is 9.78 Å². The van der Waals surface area contributed by atoms with Gasteiger partial charge in [0.05, 0.1) is 16.2 Å². The molecule has 4 aromatic rings. The van der Waals surface area contributed by atoms with Crippen LogP contribution in [0.1, 0.15) is 10.4 Å². The van der Waals surface area contributed by atoms with Gasteiger partial charge in [0.2, 0.25) is 0 Å². The molecule has 4 rings (SSSR count). The van der Waals surface area contributed by atoms with Crippen molar-refractivity contribution in [2.24, 2.45) is 0 Å². The molecule has 138 valence electrons. The maximum absolute atomic E-state index is 14.2. The highest BCUT2D eigenvalue weighted by atomic mass is 35.5. The number of aromatic nitrogens is 1. The van der Waals surface area contributed by atoms with E-state index >= 15 is 0 Å². The molecule has 2 N–H and O–H groups in total. The van der Waals surface area contributed by atoms with Crippen molar-refractivity contribution in [2.45, 2.75) is 0 Å². The first-order chi connectivity index (χ1) is 13.5. The van der Waals surface area contributed by atoms with E-state index in [2.05, 4.69) is 10.3 Å². The van der Waals surface area contributed by atoms with Crippen molar-refractivity contribution in [1.82, 2.24) is 4.98 Å². The zero-order valence-electron chi connectivity index (χ0n) is 14.5. The summed E-state index contributed by atoms with van der Waals surface area (Å²) >= 11 is 5.73. The van der Waals surface area contributed by atoms with Gasteiger partial charge in [-0.25, -0.2) is 4.39 Å². The zero-order valence-corrected chi connectivity index (χ0v) is 15.2. The summed E-state index contributed by atoms with van der Waals surface area (Å²) in [7, 11) is 0. The highest BCUT2D eigenvalue weighted by Crippen LogP contribution is 2.33. The van der Waals surface area contributed by atoms with Crippen LogP contribution in [-0.4, -0.2) is 16.4 Å². The molecule has 1 heterocycles. The highest BCUT2D eigenvalue weighted by Gasteiger charge is 2.11. The molecule has 4 nitrogen and oxygen atoms in total. The number of anilines is 2. The quantitative estimate of drug-likeness (QED) is 0.421. The summed E-state index contributed by atoms with van der Waals surface area (Å²) in [5.74, 6) is -0.781. The van der Waals surface area contributed by atoms with Gasteiger partial charge in [0.25, 0.3) is 0 Å². The van der Waals surface area contributed by atoms with Crippen molar-refractivity contribution in [3.63, 3.8) is 0 Å². The number of nitrogens with zero attached hydrogens (tertiary/aromatic N) is 1. The van der Waals surface area contributed by atoms with Gasteiger partial charge in [-0.05, 0) is 35.4 Å². The topological polar surface area (TPSA) is 62.2 Å². The molecule has 0 atom stereocenters. The van der Waals surface area contributed by atoms with E-state index < -0.39 is 5.82 Å². The lowest BCUT2D eigenvalue weighted by atomic mass is 10.0. The van der Waals surface area contributed by atoms with Gasteiger partial charge in [-0.2, -0.15) is 0 Å². The molecule has 0 aliphatic rings. The minimum atomic E-state index is -0.574. The van der Waals surface area contributed by atoms with Crippen LogP contribution >= 0.6 is 11.6 Å². The Balaban J connectivity index is 1.75. The van der Waals surface area contributed by atoms with E-state index in [1.165, 1.54) is 6.07 Å². The van der Waals surface area contributed by atoms with Crippen molar-refractivity contribution < 1.29 is 14.3 Å². The van der Waals surface area contributed by atoms with Crippen molar-refractivity contribution in [3.05, 3.63) is 83.3 Å². The lowest BCUT2D eigenvalue weighted by molar-refractivity contribution is 0.112. The number of rotatable bonds is 4. The first kappa shape index (κ1) is 17.9. The molecule has 28 heavy (non-hydrogen) atoms. The van der Waals surface area contributed by atoms with Gasteiger partial charge in [0.1, 0.15) is 17.9 Å². The molecule has 0 aliphatic heterocycles. The SMILES string of the molecule is O=Cc1cccc(-c2ccc3c(Nc4cc(O)c(Cl)cc4F)ccnc3c2)c1. The number of halogens is 2. The molecule has 1 aromatic heterocycles. The minimum absolute atomic E-state index is 0.0511. The predicted molar refractivity (Wildman–Crippen MR) is 109 cm³/mol. The van der Waals surface area contributed by atoms with Crippen molar-refractivity contribution in [2.75, 3.05) is 5.32 Å². The highest BCUT2D eigenvalue weighted by molar-refractivity contribution is 6.32. The molecule has 0 radical (unpaired) electrons. The van der Waals surface area contributed by atoms with E-state index in [9.17, 15) is 14.3 Å². The van der Waals surface area contributed by atoms with Crippen molar-refractivity contribution >= 4 is 40.2 Å². The number of fused-ring (bicyclic) bond motifs is 1. The van der Waals surface area contributed by atoms with Gasteiger partial charge in [-0.15, -0.1) is 0 Å². The van der Waals surface area contributed by atoms with Gasteiger partial charge in [0, 0.05) is 28.9 Å². The molecule has 0 saturated heterocycles. The molecule has 0 bridgehead atoms. The lowest BCUT2D eigenvalue weighted by Crippen LogP contribution is -1.96. The summed E-state index contributed by atoms with van der Waals surface area (Å²) in [6, 6.07) is 17.0. The molecular weight excluding hydrogens is 379 g/mol. The zero-order chi connectivity index (χ0) is 19.7. The van der Waals surface area contributed by atoms with Crippen LogP contribution in [0.3, 0.4) is 0 Å². The third kappa shape index (κ3) is 3.40. The number of benzene rings is 3. The first-order valence-electron chi connectivity index (χ1n) is 8.44. The summed E-state index contributed by atoms with van der Waals surface area (Å²) in [4.78, 5) is 15.4. The Kier molecular flexibility index (Phi) is 4.67. The Hall–Kier alpha value is -3.44. The van der Waals surface area contributed by atoms with E-state index in [-0.39, 0.29) is 16.5 Å². The minimum Gasteiger partial charge on any atom is -0.506 e. The number of hydrogen-bond acceptors (Lipinski definition) is 4. The molecule has 0 fully saturated rings. The monoisotopic (exact) mass is 392 g/mol. The average molecular weight is 393 g/mol. The van der Waals surface area contributed by atoms with E-state index in [0.29, 0.717) is 16.8 Å². The van der Waals surface area contributed by atoms with Gasteiger partial charge in [0.15, 0.2) is 0 Å². The number of carbonyl (C=O) groups excluding carboxylic acids is 1. The third-order valence-electron chi connectivity index (χ3n) is 4.40. The number of phenols is 1. The van der Waals surface area contributed by atoms with E-state index in [0.717, 1.165) is 28.9 Å². The molecule has 0 spiro atoms. The molecule has 0 aliphatic carbocycles. The smallest absolute Gasteiger partial charge is 0.150 e. The van der Waals surface area contributed by atoms with Gasteiger partial charge in [-0.1, -0.05) is 41.9 Å². The fraction of sp³-hybridized carbons (Fsp3) is 0. The number of aromatic hydroxyl groups is 1. The molecule has 3 aromatic carbocycles. The van der Waals surface area contributed by atoms with Crippen LogP contribution in [0.2, 0.25) is 5.02 Å². The Morgan fingerprint density at radius 3 is 2.64 bits per heavy atom. The third-order valence-corrected chi connectivity index (χ3v) is 4.71. The number of aldehydes is 1. The Bertz CT molecular complexity index is 1210. The second-order valence-corrected chi connectivity index (χ2v) is 6.65. The number of carbonyl (C=O) groups is 1. The van der Waals surface area contributed by atoms with Crippen LogP contribution in [-0.2, 0) is 0 Å². The number of hydrogen-bond donors (Lipinski definition) is 2. The second-order valence-electron chi connectivity index (χ2n) is 6.24. The molecular formula is C22H14ClFN2O2. The van der Waals surface area contributed by atoms with Crippen LogP contribution in [0.15, 0.2) is 66.9 Å². The largest absolute Gasteiger partial charge is 0.506 e. The van der Waals surface area contributed by atoms with Gasteiger partial charge >= 0.3 is 0 Å². The maximum Gasteiger partial charge on any atom is 0.150 e. The first-order valence-corrected chi connectivity index (χ1v) is 8.82. The molecule has 6 heteroatoms. The molecule has 0 unspecified atom stereocenters. The van der Waals surface area contributed by atoms with E-state index in [1.54, 1.807) is 18.3 Å². The lowest BCUT2D eigenvalue weighted by Gasteiger charge is -2.12. The summed E-state index contributed by atoms with van der Waals surface area (Å²) in [5, 5.41) is 13.5. The summed E-state index contributed by atoms with van der Waals surface area (Å²) in [5.41, 5.74) is 3.86. The Morgan fingerprint density at radius 1 is 1.00 bits per heavy atom. The fourth-order valence-electron chi connectivity index (χ4n) is 3.01. The predicted octanol–water partition coefficient (Wildman–Crippen LogP) is 5.96. The summed E-state index contributed by atoms with van der Waals surface area (Å²) < 4.78 is 14.2. The summed E-state index contributed by atoms with van der Waals surface area (Å²) in [6.07, 6.45) is 2.42. The van der Waals surface area contributed by atoms with Crippen LogP contribution in [0.4, 0.5) is 15.8 Å². The molecule has 0 amide bonds. The van der Waals surface area contributed by atoms with Crippen molar-refractivity contribution in [3.8, 4) is 16.9 Å². The second kappa shape index (κ2) is 7.29. The number of phenolic OH excluding ortho intramolecular Hbond substituents is 1. The van der Waals surface area contributed by atoms with Crippen LogP contribution in [0, 0.1) is 5.82 Å². The van der Waals surface area contributed by atoms with Crippen molar-refractivity contribution in [1.29, 1.82) is 0 Å². The standard InChI is InChI=1S/C22H14ClFN2O2/c23-17-10-18(24)21(11-22(17)28)26-19-6-7-25-20-9-15(4-5-16(19)20)14-3-1-2-13(8-14)12-27/h1-12,28H,(H,25,26). The normalized spacial score (nSPS) is 10.8. The molecule has 0 saturated carbocycles. The Labute approximate surface area is 165 Å². The Morgan fingerprint density at radius 2 is 1.82 bits per heavy atom. The average Bonchev–Trinajstić information content (AvgIpc) is 2.72. The number of nitrogens with one attached hydrogen (secondary N) is 1. The number of pyridine rings is 1. The van der Waals surface area contributed by atoms with Gasteiger partial charge < -0.3 is 10.4 Å². The van der Waals surface area contributed by atoms with E-state index in [1.807, 2.05) is 36.4 Å². The van der Waals surface area contributed by atoms with Crippen LogP contribution < -0.4 is 5.32 Å². The van der Waals surface area contributed by atoms with Crippen LogP contribution in [0.25, 0.3) is 22.0 Å². The van der Waals surface area contributed by atoms with E-state index in [4.69, 9.17) is 11.6 Å². The van der Waals surface area contributed by atoms with Crippen LogP contribution in [0.5, 0.6) is 5.75 Å². The summed E-state index contributed by atoms with van der Waals surface area (Å²) in [6.45, 7) is 0.